The number of fused-ring (bicyclic) bond motifs is 1. The van der Waals surface area contributed by atoms with Crippen LogP contribution in [0.25, 0.3) is 5.52 Å². The monoisotopic (exact) mass is 350 g/mol. The summed E-state index contributed by atoms with van der Waals surface area (Å²) in [7, 11) is -2.31. The highest BCUT2D eigenvalue weighted by atomic mass is 32.2. The number of hydrogen-bond donors (Lipinski definition) is 1. The summed E-state index contributed by atoms with van der Waals surface area (Å²) in [6, 6.07) is 6.82. The van der Waals surface area contributed by atoms with E-state index in [1.807, 2.05) is 0 Å². The molecule has 2 aromatic heterocycles. The highest BCUT2D eigenvalue weighted by Gasteiger charge is 2.18. The SMILES string of the molecule is Cc1nn(C)c(=O)c2cc(S(=O)(=O)NCc3ccc(F)cc3)cn12. The lowest BCUT2D eigenvalue weighted by atomic mass is 10.2. The van der Waals surface area contributed by atoms with Crippen molar-refractivity contribution in [2.45, 2.75) is 18.4 Å². The van der Waals surface area contributed by atoms with Gasteiger partial charge in [0, 0.05) is 19.8 Å². The average molecular weight is 350 g/mol. The summed E-state index contributed by atoms with van der Waals surface area (Å²) in [6.45, 7) is 1.69. The summed E-state index contributed by atoms with van der Waals surface area (Å²) in [4.78, 5) is 12.0. The Kier molecular flexibility index (Phi) is 3.98. The molecule has 0 saturated heterocycles. The van der Waals surface area contributed by atoms with Gasteiger partial charge in [0.1, 0.15) is 22.1 Å². The molecule has 0 aliphatic rings. The van der Waals surface area contributed by atoms with E-state index >= 15 is 0 Å². The molecular weight excluding hydrogens is 335 g/mol. The molecule has 9 heteroatoms. The zero-order valence-electron chi connectivity index (χ0n) is 13.0. The van der Waals surface area contributed by atoms with Crippen molar-refractivity contribution < 1.29 is 12.8 Å². The fourth-order valence-corrected chi connectivity index (χ4v) is 3.39. The van der Waals surface area contributed by atoms with Crippen LogP contribution in [0.4, 0.5) is 4.39 Å². The summed E-state index contributed by atoms with van der Waals surface area (Å²) >= 11 is 0. The van der Waals surface area contributed by atoms with Crippen LogP contribution in [0.1, 0.15) is 11.4 Å². The second-order valence-corrected chi connectivity index (χ2v) is 7.12. The lowest BCUT2D eigenvalue weighted by Crippen LogP contribution is -2.23. The lowest BCUT2D eigenvalue weighted by Gasteiger charge is -2.05. The van der Waals surface area contributed by atoms with Crippen LogP contribution in [0.5, 0.6) is 0 Å². The Balaban J connectivity index is 1.93. The molecule has 7 nitrogen and oxygen atoms in total. The lowest BCUT2D eigenvalue weighted by molar-refractivity contribution is 0.581. The van der Waals surface area contributed by atoms with E-state index in [-0.39, 0.29) is 28.3 Å². The van der Waals surface area contributed by atoms with E-state index in [9.17, 15) is 17.6 Å². The van der Waals surface area contributed by atoms with Crippen molar-refractivity contribution in [1.29, 1.82) is 0 Å². The van der Waals surface area contributed by atoms with Crippen LogP contribution in [-0.2, 0) is 23.6 Å². The molecule has 0 aliphatic heterocycles. The number of sulfonamides is 1. The fourth-order valence-electron chi connectivity index (χ4n) is 2.36. The molecule has 1 aromatic carbocycles. The first kappa shape index (κ1) is 16.3. The van der Waals surface area contributed by atoms with Gasteiger partial charge in [-0.15, -0.1) is 0 Å². The molecular formula is C15H15FN4O3S. The Hall–Kier alpha value is -2.52. The molecule has 1 N–H and O–H groups in total. The largest absolute Gasteiger partial charge is 0.298 e. The van der Waals surface area contributed by atoms with Crippen LogP contribution in [0.2, 0.25) is 0 Å². The second kappa shape index (κ2) is 5.84. The number of halogens is 1. The average Bonchev–Trinajstić information content (AvgIpc) is 2.99. The van der Waals surface area contributed by atoms with E-state index in [0.29, 0.717) is 11.4 Å². The molecule has 126 valence electrons. The van der Waals surface area contributed by atoms with Crippen LogP contribution < -0.4 is 10.3 Å². The number of rotatable bonds is 4. The van der Waals surface area contributed by atoms with Crippen LogP contribution in [-0.4, -0.2) is 22.6 Å². The summed E-state index contributed by atoms with van der Waals surface area (Å²) in [6.07, 6.45) is 1.35. The highest BCUT2D eigenvalue weighted by Crippen LogP contribution is 2.14. The number of hydrogen-bond acceptors (Lipinski definition) is 4. The van der Waals surface area contributed by atoms with Crippen LogP contribution >= 0.6 is 0 Å². The van der Waals surface area contributed by atoms with Gasteiger partial charge in [0.05, 0.1) is 0 Å². The van der Waals surface area contributed by atoms with E-state index in [1.54, 1.807) is 6.92 Å². The summed E-state index contributed by atoms with van der Waals surface area (Å²) in [5.41, 5.74) is 0.463. The Morgan fingerprint density at radius 2 is 1.92 bits per heavy atom. The second-order valence-electron chi connectivity index (χ2n) is 5.36. The number of nitrogens with one attached hydrogen (secondary N) is 1. The minimum atomic E-state index is -3.82. The van der Waals surface area contributed by atoms with Gasteiger partial charge in [0.2, 0.25) is 10.0 Å². The quantitative estimate of drug-likeness (QED) is 0.759. The zero-order valence-corrected chi connectivity index (χ0v) is 13.8. The maximum Gasteiger partial charge on any atom is 0.290 e. The molecule has 0 bridgehead atoms. The smallest absolute Gasteiger partial charge is 0.290 e. The first-order chi connectivity index (χ1) is 11.3. The molecule has 2 heterocycles. The van der Waals surface area contributed by atoms with E-state index in [2.05, 4.69) is 9.82 Å². The fraction of sp³-hybridized carbons (Fsp3) is 0.200. The zero-order chi connectivity index (χ0) is 17.5. The minimum absolute atomic E-state index is 0.0179. The predicted octanol–water partition coefficient (Wildman–Crippen LogP) is 0.959. The molecule has 0 fully saturated rings. The van der Waals surface area contributed by atoms with Crippen molar-refractivity contribution in [2.24, 2.45) is 7.05 Å². The number of nitrogens with zero attached hydrogens (tertiary/aromatic N) is 3. The maximum absolute atomic E-state index is 12.9. The van der Waals surface area contributed by atoms with Crippen molar-refractivity contribution >= 4 is 15.5 Å². The molecule has 0 atom stereocenters. The van der Waals surface area contributed by atoms with E-state index in [1.165, 1.54) is 48.0 Å². The van der Waals surface area contributed by atoms with Gasteiger partial charge in [-0.25, -0.2) is 22.2 Å². The van der Waals surface area contributed by atoms with Crippen LogP contribution in [0.3, 0.4) is 0 Å². The van der Waals surface area contributed by atoms with Crippen molar-refractivity contribution in [1.82, 2.24) is 18.9 Å². The van der Waals surface area contributed by atoms with E-state index in [0.717, 1.165) is 4.68 Å². The Morgan fingerprint density at radius 3 is 2.58 bits per heavy atom. The topological polar surface area (TPSA) is 85.5 Å². The van der Waals surface area contributed by atoms with Gasteiger partial charge >= 0.3 is 0 Å². The van der Waals surface area contributed by atoms with Gasteiger partial charge < -0.3 is 0 Å². The molecule has 0 unspecified atom stereocenters. The highest BCUT2D eigenvalue weighted by molar-refractivity contribution is 7.89. The maximum atomic E-state index is 12.9. The summed E-state index contributed by atoms with van der Waals surface area (Å²) in [5.74, 6) is 0.103. The normalized spacial score (nSPS) is 12.0. The van der Waals surface area contributed by atoms with Crippen molar-refractivity contribution in [3.05, 3.63) is 64.1 Å². The number of benzene rings is 1. The summed E-state index contributed by atoms with van der Waals surface area (Å²) in [5, 5.41) is 4.01. The van der Waals surface area contributed by atoms with Gasteiger partial charge in [0.25, 0.3) is 5.56 Å². The van der Waals surface area contributed by atoms with Crippen LogP contribution in [0, 0.1) is 12.7 Å². The minimum Gasteiger partial charge on any atom is -0.298 e. The first-order valence-corrected chi connectivity index (χ1v) is 8.56. The third-order valence-corrected chi connectivity index (χ3v) is 5.01. The standard InChI is InChI=1S/C15H15FN4O3S/c1-10-18-19(2)15(21)14-7-13(9-20(10)14)24(22,23)17-8-11-3-5-12(16)6-4-11/h3-7,9,17H,8H2,1-2H3. The molecule has 24 heavy (non-hydrogen) atoms. The Bertz CT molecular complexity index is 1070. The van der Waals surface area contributed by atoms with Gasteiger partial charge in [-0.2, -0.15) is 5.10 Å². The van der Waals surface area contributed by atoms with Gasteiger partial charge in [-0.1, -0.05) is 12.1 Å². The van der Waals surface area contributed by atoms with E-state index < -0.39 is 10.0 Å². The van der Waals surface area contributed by atoms with Crippen molar-refractivity contribution in [2.75, 3.05) is 0 Å². The predicted molar refractivity (Wildman–Crippen MR) is 85.6 cm³/mol. The molecule has 0 amide bonds. The molecule has 0 aliphatic carbocycles. The summed E-state index contributed by atoms with van der Waals surface area (Å²) < 4.78 is 42.7. The molecule has 3 rings (SSSR count). The molecule has 0 saturated carbocycles. The Morgan fingerprint density at radius 1 is 1.25 bits per heavy atom. The third-order valence-electron chi connectivity index (χ3n) is 3.64. The van der Waals surface area contributed by atoms with Gasteiger partial charge in [-0.3, -0.25) is 9.20 Å². The Labute approximate surface area is 137 Å². The van der Waals surface area contributed by atoms with Crippen molar-refractivity contribution in [3.8, 4) is 0 Å². The third kappa shape index (κ3) is 2.95. The first-order valence-electron chi connectivity index (χ1n) is 7.08. The molecule has 0 radical (unpaired) electrons. The van der Waals surface area contributed by atoms with Crippen molar-refractivity contribution in [3.63, 3.8) is 0 Å². The number of aromatic nitrogens is 3. The molecule has 0 spiro atoms. The van der Waals surface area contributed by atoms with Gasteiger partial charge in [-0.05, 0) is 30.7 Å². The molecule has 3 aromatic rings. The van der Waals surface area contributed by atoms with E-state index in [4.69, 9.17) is 0 Å². The van der Waals surface area contributed by atoms with Gasteiger partial charge in [0.15, 0.2) is 0 Å². The van der Waals surface area contributed by atoms with Crippen LogP contribution in [0.15, 0.2) is 46.2 Å². The number of aryl methyl sites for hydroxylation is 2.